The van der Waals surface area contributed by atoms with Crippen molar-refractivity contribution in [1.82, 2.24) is 15.2 Å². The van der Waals surface area contributed by atoms with Crippen LogP contribution in [0.3, 0.4) is 0 Å². The van der Waals surface area contributed by atoms with Gasteiger partial charge < -0.3 is 20.9 Å². The number of nitrogens with one attached hydrogen (secondary N) is 1. The third-order valence-corrected chi connectivity index (χ3v) is 6.97. The predicted molar refractivity (Wildman–Crippen MR) is 139 cm³/mol. The van der Waals surface area contributed by atoms with Crippen LogP contribution < -0.4 is 15.8 Å². The number of nitrogens with two attached hydrogens (primary N) is 1. The molecule has 1 aromatic heterocycles. The molecule has 4 rings (SSSR count). The summed E-state index contributed by atoms with van der Waals surface area (Å²) in [5, 5.41) is 14.5. The highest BCUT2D eigenvalue weighted by Crippen LogP contribution is 2.47. The lowest BCUT2D eigenvalue weighted by atomic mass is 9.79. The third kappa shape index (κ3) is 6.76. The number of hydrogen-bond donors (Lipinski definition) is 3. The van der Waals surface area contributed by atoms with Crippen molar-refractivity contribution in [2.24, 2.45) is 5.92 Å². The molecule has 1 aromatic carbocycles. The lowest BCUT2D eigenvalue weighted by Gasteiger charge is -2.37. The van der Waals surface area contributed by atoms with Gasteiger partial charge in [-0.15, -0.1) is 24.8 Å². The number of alkyl halides is 2. The van der Waals surface area contributed by atoms with E-state index in [0.29, 0.717) is 36.5 Å². The zero-order chi connectivity index (χ0) is 24.3. The minimum atomic E-state index is -2.86. The molecule has 2 aliphatic rings. The van der Waals surface area contributed by atoms with E-state index in [4.69, 9.17) is 10.5 Å². The number of methoxy groups -OCH3 is 1. The molecular formula is C25H34Cl2F2N4O3. The Kier molecular flexibility index (Phi) is 10.3. The summed E-state index contributed by atoms with van der Waals surface area (Å²) in [6, 6.07) is 11.8. The topological polar surface area (TPSA) is 101 Å². The Bertz CT molecular complexity index is 1010. The molecule has 2 fully saturated rings. The van der Waals surface area contributed by atoms with E-state index in [1.54, 1.807) is 43.5 Å². The van der Waals surface area contributed by atoms with E-state index < -0.39 is 29.8 Å². The number of carbonyl (C=O) groups is 1. The van der Waals surface area contributed by atoms with E-state index in [0.717, 1.165) is 18.8 Å². The first kappa shape index (κ1) is 30.0. The largest absolute Gasteiger partial charge is 0.497 e. The van der Waals surface area contributed by atoms with Gasteiger partial charge in [0.15, 0.2) is 5.60 Å². The Morgan fingerprint density at radius 1 is 1.22 bits per heavy atom. The molecule has 0 spiro atoms. The van der Waals surface area contributed by atoms with Gasteiger partial charge in [0, 0.05) is 56.6 Å². The molecule has 7 nitrogen and oxygen atoms in total. The third-order valence-electron chi connectivity index (χ3n) is 6.97. The van der Waals surface area contributed by atoms with Gasteiger partial charge in [-0.1, -0.05) is 30.3 Å². The van der Waals surface area contributed by atoms with Crippen molar-refractivity contribution in [2.75, 3.05) is 25.9 Å². The van der Waals surface area contributed by atoms with E-state index in [1.807, 2.05) is 6.07 Å². The number of pyridine rings is 1. The van der Waals surface area contributed by atoms with E-state index in [-0.39, 0.29) is 43.7 Å². The average Bonchev–Trinajstić information content (AvgIpc) is 3.20. The number of benzene rings is 1. The summed E-state index contributed by atoms with van der Waals surface area (Å²) in [6.07, 6.45) is 0.636. The maximum absolute atomic E-state index is 14.0. The summed E-state index contributed by atoms with van der Waals surface area (Å²) < 4.78 is 33.2. The molecule has 1 unspecified atom stereocenters. The number of nitrogen functional groups attached to an aromatic ring is 1. The minimum absolute atomic E-state index is 0. The first-order valence-electron chi connectivity index (χ1n) is 11.7. The van der Waals surface area contributed by atoms with Crippen molar-refractivity contribution >= 4 is 36.5 Å². The fourth-order valence-electron chi connectivity index (χ4n) is 5.09. The normalized spacial score (nSPS) is 21.5. The Hall–Kier alpha value is -2.20. The second-order valence-corrected chi connectivity index (χ2v) is 9.38. The summed E-state index contributed by atoms with van der Waals surface area (Å²) in [5.74, 6) is -3.25. The monoisotopic (exact) mass is 546 g/mol. The van der Waals surface area contributed by atoms with Crippen LogP contribution in [-0.4, -0.2) is 53.1 Å². The summed E-state index contributed by atoms with van der Waals surface area (Å²) in [5.41, 5.74) is 5.02. The summed E-state index contributed by atoms with van der Waals surface area (Å²) in [4.78, 5) is 19.9. The first-order chi connectivity index (χ1) is 16.2. The summed E-state index contributed by atoms with van der Waals surface area (Å²) in [6.45, 7) is 2.04. The highest BCUT2D eigenvalue weighted by Gasteiger charge is 2.53. The number of likely N-dealkylation sites (tertiary alicyclic amines) is 1. The van der Waals surface area contributed by atoms with Crippen LogP contribution in [0.5, 0.6) is 5.75 Å². The van der Waals surface area contributed by atoms with Crippen LogP contribution in [-0.2, 0) is 16.9 Å². The molecule has 0 radical (unpaired) electrons. The number of aromatic nitrogens is 1. The molecular weight excluding hydrogens is 513 g/mol. The lowest BCUT2D eigenvalue weighted by molar-refractivity contribution is -0.149. The molecule has 2 heterocycles. The number of rotatable bonds is 7. The molecule has 2 aromatic rings. The highest BCUT2D eigenvalue weighted by atomic mass is 35.5. The standard InChI is InChI=1S/C25H32F2N4O3.2ClH/c1-34-21-13-20(29-22(28)14-21)16-31-11-8-19(9-12-31)30-23(32)25(33,17-5-3-2-4-6-17)18-7-10-24(26,27)15-18;;/h2-6,13-14,18-19,33H,7-12,15-16H2,1H3,(H2,28,29)(H,30,32);2*1H/t18-,25?;;/m1../s1. The molecule has 11 heteroatoms. The Morgan fingerprint density at radius 3 is 2.47 bits per heavy atom. The van der Waals surface area contributed by atoms with Gasteiger partial charge in [-0.05, 0) is 24.8 Å². The molecule has 2 atom stereocenters. The van der Waals surface area contributed by atoms with Gasteiger partial charge in [0.25, 0.3) is 5.91 Å². The number of halogens is 4. The fraction of sp³-hybridized carbons (Fsp3) is 0.520. The van der Waals surface area contributed by atoms with Crippen LogP contribution in [0.15, 0.2) is 42.5 Å². The number of carbonyl (C=O) groups excluding carboxylic acids is 1. The van der Waals surface area contributed by atoms with Gasteiger partial charge >= 0.3 is 0 Å². The molecule has 36 heavy (non-hydrogen) atoms. The maximum atomic E-state index is 14.0. The van der Waals surface area contributed by atoms with Crippen LogP contribution in [0, 0.1) is 5.92 Å². The number of amides is 1. The molecule has 1 saturated carbocycles. The molecule has 1 aliphatic carbocycles. The fourth-order valence-corrected chi connectivity index (χ4v) is 5.09. The highest BCUT2D eigenvalue weighted by molar-refractivity contribution is 5.87. The maximum Gasteiger partial charge on any atom is 0.257 e. The number of piperidine rings is 1. The zero-order valence-corrected chi connectivity index (χ0v) is 21.8. The van der Waals surface area contributed by atoms with Gasteiger partial charge in [-0.3, -0.25) is 9.69 Å². The minimum Gasteiger partial charge on any atom is -0.497 e. The van der Waals surface area contributed by atoms with Gasteiger partial charge in [0.05, 0.1) is 12.8 Å². The molecule has 4 N–H and O–H groups in total. The second kappa shape index (κ2) is 12.4. The molecule has 1 amide bonds. The Labute approximate surface area is 222 Å². The van der Waals surface area contributed by atoms with Crippen molar-refractivity contribution in [1.29, 1.82) is 0 Å². The van der Waals surface area contributed by atoms with E-state index in [2.05, 4.69) is 15.2 Å². The van der Waals surface area contributed by atoms with Crippen molar-refractivity contribution in [3.8, 4) is 5.75 Å². The smallest absolute Gasteiger partial charge is 0.257 e. The molecule has 200 valence electrons. The SMILES string of the molecule is COc1cc(N)nc(CN2CCC(NC(=O)C(O)(c3ccccc3)[C@@H]3CCC(F)(F)C3)CC2)c1.Cl.Cl. The second-order valence-electron chi connectivity index (χ2n) is 9.38. The Balaban J connectivity index is 0.00000228. The lowest BCUT2D eigenvalue weighted by Crippen LogP contribution is -2.54. The first-order valence-corrected chi connectivity index (χ1v) is 11.7. The number of anilines is 1. The number of nitrogens with zero attached hydrogens (tertiary/aromatic N) is 2. The Morgan fingerprint density at radius 2 is 1.89 bits per heavy atom. The zero-order valence-electron chi connectivity index (χ0n) is 20.2. The van der Waals surface area contributed by atoms with Crippen LogP contribution in [0.2, 0.25) is 0 Å². The van der Waals surface area contributed by atoms with Gasteiger partial charge in [-0.2, -0.15) is 0 Å². The van der Waals surface area contributed by atoms with Crippen molar-refractivity contribution < 1.29 is 23.4 Å². The summed E-state index contributed by atoms with van der Waals surface area (Å²) in [7, 11) is 1.58. The average molecular weight is 547 g/mol. The molecule has 0 bridgehead atoms. The van der Waals surface area contributed by atoms with E-state index in [1.165, 1.54) is 0 Å². The summed E-state index contributed by atoms with van der Waals surface area (Å²) >= 11 is 0. The van der Waals surface area contributed by atoms with Gasteiger partial charge in [0.2, 0.25) is 5.92 Å². The number of hydrogen-bond acceptors (Lipinski definition) is 6. The van der Waals surface area contributed by atoms with Crippen LogP contribution in [0.25, 0.3) is 0 Å². The van der Waals surface area contributed by atoms with Crippen LogP contribution in [0.1, 0.15) is 43.4 Å². The number of aliphatic hydroxyl groups is 1. The quantitative estimate of drug-likeness (QED) is 0.486. The van der Waals surface area contributed by atoms with Gasteiger partial charge in [0.1, 0.15) is 11.6 Å². The van der Waals surface area contributed by atoms with E-state index in [9.17, 15) is 18.7 Å². The van der Waals surface area contributed by atoms with E-state index >= 15 is 0 Å². The predicted octanol–water partition coefficient (Wildman–Crippen LogP) is 3.92. The molecule has 1 aliphatic heterocycles. The number of ether oxygens (including phenoxy) is 1. The van der Waals surface area contributed by atoms with Crippen molar-refractivity contribution in [3.05, 3.63) is 53.7 Å². The van der Waals surface area contributed by atoms with Crippen LogP contribution >= 0.6 is 24.8 Å². The van der Waals surface area contributed by atoms with Crippen molar-refractivity contribution in [2.45, 2.75) is 56.2 Å². The van der Waals surface area contributed by atoms with Gasteiger partial charge in [-0.25, -0.2) is 13.8 Å². The molecule has 1 saturated heterocycles. The van der Waals surface area contributed by atoms with Crippen LogP contribution in [0.4, 0.5) is 14.6 Å². The van der Waals surface area contributed by atoms with Crippen molar-refractivity contribution in [3.63, 3.8) is 0 Å².